The molecule has 0 aliphatic rings. The van der Waals surface area contributed by atoms with Gasteiger partial charge in [0.15, 0.2) is 0 Å². The van der Waals surface area contributed by atoms with E-state index in [0.717, 1.165) is 30.0 Å². The van der Waals surface area contributed by atoms with Crippen molar-refractivity contribution < 1.29 is 9.47 Å². The lowest BCUT2D eigenvalue weighted by molar-refractivity contribution is 0.227. The highest BCUT2D eigenvalue weighted by atomic mass is 16.5. The SMILES string of the molecule is COc1ccc(C(C)Oc2ccc(CCn3cncn3)cc2)cc1. The lowest BCUT2D eigenvalue weighted by atomic mass is 10.1. The Bertz CT molecular complexity index is 737. The first kappa shape index (κ1) is 16.1. The number of ether oxygens (including phenoxy) is 2. The van der Waals surface area contributed by atoms with Crippen molar-refractivity contribution in [3.63, 3.8) is 0 Å². The smallest absolute Gasteiger partial charge is 0.137 e. The number of nitrogens with zero attached hydrogens (tertiary/aromatic N) is 3. The third-order valence-electron chi connectivity index (χ3n) is 3.92. The summed E-state index contributed by atoms with van der Waals surface area (Å²) in [4.78, 5) is 3.94. The van der Waals surface area contributed by atoms with E-state index >= 15 is 0 Å². The second-order valence-corrected chi connectivity index (χ2v) is 5.59. The lowest BCUT2D eigenvalue weighted by Gasteiger charge is -2.16. The van der Waals surface area contributed by atoms with Crippen LogP contribution in [0.2, 0.25) is 0 Å². The molecule has 3 rings (SSSR count). The van der Waals surface area contributed by atoms with Crippen LogP contribution in [0.25, 0.3) is 0 Å². The minimum absolute atomic E-state index is 0.0168. The molecule has 0 aliphatic carbocycles. The first-order valence-electron chi connectivity index (χ1n) is 7.96. The van der Waals surface area contributed by atoms with Gasteiger partial charge in [0.05, 0.1) is 7.11 Å². The van der Waals surface area contributed by atoms with Gasteiger partial charge in [-0.1, -0.05) is 24.3 Å². The Labute approximate surface area is 141 Å². The first-order valence-corrected chi connectivity index (χ1v) is 7.96. The molecule has 5 nitrogen and oxygen atoms in total. The van der Waals surface area contributed by atoms with Crippen LogP contribution >= 0.6 is 0 Å². The summed E-state index contributed by atoms with van der Waals surface area (Å²) in [6.45, 7) is 2.86. The van der Waals surface area contributed by atoms with Gasteiger partial charge in [-0.3, -0.25) is 4.68 Å². The van der Waals surface area contributed by atoms with Gasteiger partial charge in [-0.2, -0.15) is 5.10 Å². The average Bonchev–Trinajstić information content (AvgIpc) is 3.15. The van der Waals surface area contributed by atoms with Crippen LogP contribution in [0.5, 0.6) is 11.5 Å². The van der Waals surface area contributed by atoms with Crippen LogP contribution in [-0.2, 0) is 13.0 Å². The van der Waals surface area contributed by atoms with Gasteiger partial charge >= 0.3 is 0 Å². The Hall–Kier alpha value is -2.82. The maximum Gasteiger partial charge on any atom is 0.137 e. The minimum Gasteiger partial charge on any atom is -0.497 e. The molecule has 0 amide bonds. The number of methoxy groups -OCH3 is 1. The van der Waals surface area contributed by atoms with Crippen molar-refractivity contribution in [1.82, 2.24) is 14.8 Å². The number of benzene rings is 2. The van der Waals surface area contributed by atoms with E-state index in [9.17, 15) is 0 Å². The lowest BCUT2D eigenvalue weighted by Crippen LogP contribution is -2.04. The molecule has 0 aliphatic heterocycles. The van der Waals surface area contributed by atoms with Gasteiger partial charge in [0.2, 0.25) is 0 Å². The van der Waals surface area contributed by atoms with Gasteiger partial charge in [-0.25, -0.2) is 4.98 Å². The summed E-state index contributed by atoms with van der Waals surface area (Å²) < 4.78 is 13.0. The molecule has 1 heterocycles. The van der Waals surface area contributed by atoms with Gasteiger partial charge < -0.3 is 9.47 Å². The normalized spacial score (nSPS) is 11.9. The summed E-state index contributed by atoms with van der Waals surface area (Å²) in [5.74, 6) is 1.71. The number of hydrogen-bond acceptors (Lipinski definition) is 4. The van der Waals surface area contributed by atoms with Crippen molar-refractivity contribution in [3.8, 4) is 11.5 Å². The average molecular weight is 323 g/mol. The Kier molecular flexibility index (Phi) is 5.11. The van der Waals surface area contributed by atoms with E-state index in [0.29, 0.717) is 0 Å². The van der Waals surface area contributed by atoms with Crippen molar-refractivity contribution in [2.45, 2.75) is 26.0 Å². The molecule has 24 heavy (non-hydrogen) atoms. The minimum atomic E-state index is -0.0168. The van der Waals surface area contributed by atoms with Crippen molar-refractivity contribution >= 4 is 0 Å². The third-order valence-corrected chi connectivity index (χ3v) is 3.92. The van der Waals surface area contributed by atoms with Crippen LogP contribution in [0.1, 0.15) is 24.2 Å². The molecule has 1 atom stereocenters. The molecule has 5 heteroatoms. The summed E-state index contributed by atoms with van der Waals surface area (Å²) in [6, 6.07) is 16.1. The second kappa shape index (κ2) is 7.64. The highest BCUT2D eigenvalue weighted by molar-refractivity contribution is 5.31. The monoisotopic (exact) mass is 323 g/mol. The third kappa shape index (κ3) is 4.13. The van der Waals surface area contributed by atoms with E-state index in [1.54, 1.807) is 19.8 Å². The molecule has 0 spiro atoms. The summed E-state index contributed by atoms with van der Waals surface area (Å²) in [7, 11) is 1.67. The standard InChI is InChI=1S/C19H21N3O2/c1-15(17-5-9-18(23-2)10-6-17)24-19-7-3-16(4-8-19)11-12-22-14-20-13-21-22/h3-10,13-15H,11-12H2,1-2H3. The highest BCUT2D eigenvalue weighted by Crippen LogP contribution is 2.23. The van der Waals surface area contributed by atoms with Crippen LogP contribution in [0.15, 0.2) is 61.2 Å². The molecule has 124 valence electrons. The van der Waals surface area contributed by atoms with Crippen molar-refractivity contribution in [2.75, 3.05) is 7.11 Å². The first-order chi connectivity index (χ1) is 11.7. The molecule has 0 bridgehead atoms. The Morgan fingerprint density at radius 3 is 2.33 bits per heavy atom. The van der Waals surface area contributed by atoms with Crippen molar-refractivity contribution in [3.05, 3.63) is 72.3 Å². The van der Waals surface area contributed by atoms with Crippen LogP contribution in [0.4, 0.5) is 0 Å². The predicted octanol–water partition coefficient (Wildman–Crippen LogP) is 3.67. The molecular weight excluding hydrogens is 302 g/mol. The highest BCUT2D eigenvalue weighted by Gasteiger charge is 2.07. The predicted molar refractivity (Wildman–Crippen MR) is 92.2 cm³/mol. The maximum absolute atomic E-state index is 6.01. The Morgan fingerprint density at radius 2 is 1.71 bits per heavy atom. The summed E-state index contributed by atoms with van der Waals surface area (Å²) in [5.41, 5.74) is 2.36. The zero-order valence-corrected chi connectivity index (χ0v) is 13.9. The molecule has 0 N–H and O–H groups in total. The fourth-order valence-electron chi connectivity index (χ4n) is 2.47. The largest absolute Gasteiger partial charge is 0.497 e. The van der Waals surface area contributed by atoms with Gasteiger partial charge in [-0.15, -0.1) is 0 Å². The van der Waals surface area contributed by atoms with Crippen LogP contribution in [0, 0.1) is 0 Å². The van der Waals surface area contributed by atoms with Crippen LogP contribution < -0.4 is 9.47 Å². The van der Waals surface area contributed by atoms with Crippen LogP contribution in [-0.4, -0.2) is 21.9 Å². The van der Waals surface area contributed by atoms with Crippen molar-refractivity contribution in [2.24, 2.45) is 0 Å². The fourth-order valence-corrected chi connectivity index (χ4v) is 2.47. The van der Waals surface area contributed by atoms with E-state index in [1.807, 2.05) is 48.0 Å². The second-order valence-electron chi connectivity index (χ2n) is 5.59. The molecule has 0 fully saturated rings. The maximum atomic E-state index is 6.01. The topological polar surface area (TPSA) is 49.2 Å². The molecule has 3 aromatic rings. The zero-order chi connectivity index (χ0) is 16.8. The van der Waals surface area contributed by atoms with Gasteiger partial charge in [0.25, 0.3) is 0 Å². The van der Waals surface area contributed by atoms with E-state index in [-0.39, 0.29) is 6.10 Å². The quantitative estimate of drug-likeness (QED) is 0.665. The van der Waals surface area contributed by atoms with Gasteiger partial charge in [-0.05, 0) is 48.7 Å². The van der Waals surface area contributed by atoms with Crippen LogP contribution in [0.3, 0.4) is 0 Å². The molecule has 0 saturated heterocycles. The number of hydrogen-bond donors (Lipinski definition) is 0. The summed E-state index contributed by atoms with van der Waals surface area (Å²) >= 11 is 0. The zero-order valence-electron chi connectivity index (χ0n) is 13.9. The molecular formula is C19H21N3O2. The summed E-state index contributed by atoms with van der Waals surface area (Å²) in [6.07, 6.45) is 4.18. The molecule has 1 aromatic heterocycles. The van der Waals surface area contributed by atoms with Crippen molar-refractivity contribution in [1.29, 1.82) is 0 Å². The number of rotatable bonds is 7. The molecule has 1 unspecified atom stereocenters. The number of aryl methyl sites for hydroxylation is 2. The Morgan fingerprint density at radius 1 is 1.00 bits per heavy atom. The molecule has 0 saturated carbocycles. The molecule has 2 aromatic carbocycles. The number of aromatic nitrogens is 3. The van der Waals surface area contributed by atoms with E-state index in [4.69, 9.17) is 9.47 Å². The van der Waals surface area contributed by atoms with Gasteiger partial charge in [0, 0.05) is 6.54 Å². The Balaban J connectivity index is 1.56. The van der Waals surface area contributed by atoms with E-state index in [2.05, 4.69) is 22.2 Å². The molecule has 0 radical (unpaired) electrons. The summed E-state index contributed by atoms with van der Waals surface area (Å²) in [5, 5.41) is 4.11. The fraction of sp³-hybridized carbons (Fsp3) is 0.263. The van der Waals surface area contributed by atoms with E-state index < -0.39 is 0 Å². The van der Waals surface area contributed by atoms with E-state index in [1.165, 1.54) is 5.56 Å². The van der Waals surface area contributed by atoms with Gasteiger partial charge in [0.1, 0.15) is 30.3 Å².